The van der Waals surface area contributed by atoms with Crippen molar-refractivity contribution < 1.29 is 13.9 Å². The average molecular weight is 271 g/mol. The van der Waals surface area contributed by atoms with Crippen LogP contribution in [0, 0.1) is 5.82 Å². The summed E-state index contributed by atoms with van der Waals surface area (Å²) in [5.41, 5.74) is 1.72. The van der Waals surface area contributed by atoms with Crippen molar-refractivity contribution in [2.45, 2.75) is 6.04 Å². The fourth-order valence-corrected chi connectivity index (χ4v) is 2.17. The van der Waals surface area contributed by atoms with Gasteiger partial charge in [-0.05, 0) is 29.8 Å². The third-order valence-electron chi connectivity index (χ3n) is 3.23. The number of benzene rings is 2. The molecule has 20 heavy (non-hydrogen) atoms. The highest BCUT2D eigenvalue weighted by Crippen LogP contribution is 2.28. The van der Waals surface area contributed by atoms with Gasteiger partial charge >= 0.3 is 0 Å². The predicted molar refractivity (Wildman–Crippen MR) is 74.6 cm³/mol. The first-order valence-electron chi connectivity index (χ1n) is 6.37. The van der Waals surface area contributed by atoms with Crippen LogP contribution in [0.4, 0.5) is 4.39 Å². The Hall–Kier alpha value is -2.36. The van der Waals surface area contributed by atoms with Crippen LogP contribution in [-0.2, 0) is 4.74 Å². The van der Waals surface area contributed by atoms with Gasteiger partial charge in [-0.25, -0.2) is 9.38 Å². The molecule has 0 radical (unpaired) electrons. The van der Waals surface area contributed by atoms with Crippen LogP contribution in [-0.4, -0.2) is 19.6 Å². The van der Waals surface area contributed by atoms with Gasteiger partial charge in [0, 0.05) is 5.56 Å². The van der Waals surface area contributed by atoms with Crippen LogP contribution < -0.4 is 4.74 Å². The molecule has 0 spiro atoms. The smallest absolute Gasteiger partial charge is 0.216 e. The van der Waals surface area contributed by atoms with Gasteiger partial charge in [-0.15, -0.1) is 0 Å². The largest absolute Gasteiger partial charge is 0.494 e. The maximum absolute atomic E-state index is 13.7. The Bertz CT molecular complexity index is 640. The minimum Gasteiger partial charge on any atom is -0.494 e. The Morgan fingerprint density at radius 2 is 2.00 bits per heavy atom. The molecule has 4 heteroatoms. The van der Waals surface area contributed by atoms with Crippen molar-refractivity contribution in [2.24, 2.45) is 4.99 Å². The molecule has 0 amide bonds. The molecule has 1 heterocycles. The van der Waals surface area contributed by atoms with Gasteiger partial charge in [-0.2, -0.15) is 0 Å². The molecule has 0 aliphatic carbocycles. The quantitative estimate of drug-likeness (QED) is 0.857. The van der Waals surface area contributed by atoms with Gasteiger partial charge in [0.1, 0.15) is 12.6 Å². The molecule has 0 N–H and O–H groups in total. The Labute approximate surface area is 116 Å². The highest BCUT2D eigenvalue weighted by Gasteiger charge is 2.22. The highest BCUT2D eigenvalue weighted by atomic mass is 19.1. The molecule has 0 aromatic heterocycles. The summed E-state index contributed by atoms with van der Waals surface area (Å²) in [5.74, 6) is 0.458. The number of methoxy groups -OCH3 is 1. The summed E-state index contributed by atoms with van der Waals surface area (Å²) < 4.78 is 24.2. The van der Waals surface area contributed by atoms with Crippen molar-refractivity contribution in [3.63, 3.8) is 0 Å². The van der Waals surface area contributed by atoms with E-state index in [0.29, 0.717) is 12.5 Å². The van der Waals surface area contributed by atoms with E-state index in [2.05, 4.69) is 4.99 Å². The van der Waals surface area contributed by atoms with Crippen LogP contribution in [0.15, 0.2) is 53.5 Å². The number of hydrogen-bond acceptors (Lipinski definition) is 3. The first kappa shape index (κ1) is 12.7. The first-order chi connectivity index (χ1) is 9.78. The molecule has 0 unspecified atom stereocenters. The minimum absolute atomic E-state index is 0.175. The lowest BCUT2D eigenvalue weighted by molar-refractivity contribution is 0.319. The molecule has 1 aliphatic heterocycles. The van der Waals surface area contributed by atoms with Gasteiger partial charge in [-0.1, -0.05) is 24.3 Å². The third kappa shape index (κ3) is 2.37. The van der Waals surface area contributed by atoms with E-state index in [1.807, 2.05) is 36.4 Å². The van der Waals surface area contributed by atoms with Gasteiger partial charge in [0.2, 0.25) is 5.90 Å². The fourth-order valence-electron chi connectivity index (χ4n) is 2.17. The second kappa shape index (κ2) is 5.33. The Morgan fingerprint density at radius 3 is 2.70 bits per heavy atom. The van der Waals surface area contributed by atoms with E-state index < -0.39 is 0 Å². The Balaban J connectivity index is 1.86. The molecule has 3 rings (SSSR count). The van der Waals surface area contributed by atoms with E-state index in [-0.39, 0.29) is 17.6 Å². The fraction of sp³-hybridized carbons (Fsp3) is 0.188. The zero-order valence-corrected chi connectivity index (χ0v) is 11.0. The second-order valence-electron chi connectivity index (χ2n) is 4.52. The predicted octanol–water partition coefficient (Wildman–Crippen LogP) is 3.35. The normalized spacial score (nSPS) is 17.5. The monoisotopic (exact) mass is 271 g/mol. The second-order valence-corrected chi connectivity index (χ2v) is 4.52. The summed E-state index contributed by atoms with van der Waals surface area (Å²) in [6.07, 6.45) is 0. The van der Waals surface area contributed by atoms with E-state index in [1.54, 1.807) is 6.07 Å². The zero-order valence-electron chi connectivity index (χ0n) is 11.0. The molecule has 0 fully saturated rings. The van der Waals surface area contributed by atoms with Gasteiger partial charge in [-0.3, -0.25) is 0 Å². The number of halogens is 1. The minimum atomic E-state index is -0.381. The van der Waals surface area contributed by atoms with E-state index in [1.165, 1.54) is 13.2 Å². The van der Waals surface area contributed by atoms with Crippen LogP contribution in [0.2, 0.25) is 0 Å². The van der Waals surface area contributed by atoms with Crippen LogP contribution >= 0.6 is 0 Å². The van der Waals surface area contributed by atoms with Crippen molar-refractivity contribution in [2.75, 3.05) is 13.7 Å². The van der Waals surface area contributed by atoms with E-state index in [9.17, 15) is 4.39 Å². The van der Waals surface area contributed by atoms with Gasteiger partial charge in [0.25, 0.3) is 0 Å². The Kier molecular flexibility index (Phi) is 3.37. The summed E-state index contributed by atoms with van der Waals surface area (Å²) >= 11 is 0. The summed E-state index contributed by atoms with van der Waals surface area (Å²) in [7, 11) is 1.45. The number of ether oxygens (including phenoxy) is 2. The maximum atomic E-state index is 13.7. The number of rotatable bonds is 3. The lowest BCUT2D eigenvalue weighted by atomic mass is 10.1. The van der Waals surface area contributed by atoms with E-state index in [0.717, 1.165) is 11.1 Å². The van der Waals surface area contributed by atoms with E-state index >= 15 is 0 Å². The lowest BCUT2D eigenvalue weighted by Gasteiger charge is -2.07. The SMILES string of the molecule is COc1ccc([C@@H]2COC(c3ccccc3)=N2)cc1F. The number of nitrogens with zero attached hydrogens (tertiary/aromatic N) is 1. The van der Waals surface area contributed by atoms with Crippen LogP contribution in [0.1, 0.15) is 17.2 Å². The standard InChI is InChI=1S/C16H14FNO2/c1-19-15-8-7-12(9-13(15)17)14-10-20-16(18-14)11-5-3-2-4-6-11/h2-9,14H,10H2,1H3/t14-/m0/s1. The van der Waals surface area contributed by atoms with E-state index in [4.69, 9.17) is 9.47 Å². The molecule has 0 saturated carbocycles. The van der Waals surface area contributed by atoms with Crippen molar-refractivity contribution in [3.05, 3.63) is 65.5 Å². The molecule has 1 atom stereocenters. The van der Waals surface area contributed by atoms with Crippen molar-refractivity contribution >= 4 is 5.90 Å². The Morgan fingerprint density at radius 1 is 1.20 bits per heavy atom. The third-order valence-corrected chi connectivity index (χ3v) is 3.23. The zero-order chi connectivity index (χ0) is 13.9. The molecule has 0 saturated heterocycles. The summed E-state index contributed by atoms with van der Waals surface area (Å²) in [5, 5.41) is 0. The molecule has 102 valence electrons. The molecule has 3 nitrogen and oxygen atoms in total. The number of aliphatic imine (C=N–C) groups is 1. The number of hydrogen-bond donors (Lipinski definition) is 0. The van der Waals surface area contributed by atoms with Crippen LogP contribution in [0.25, 0.3) is 0 Å². The molecule has 2 aromatic carbocycles. The summed E-state index contributed by atoms with van der Waals surface area (Å²) in [6, 6.07) is 14.4. The summed E-state index contributed by atoms with van der Waals surface area (Å²) in [6.45, 7) is 0.427. The van der Waals surface area contributed by atoms with Crippen LogP contribution in [0.3, 0.4) is 0 Å². The van der Waals surface area contributed by atoms with Gasteiger partial charge < -0.3 is 9.47 Å². The van der Waals surface area contributed by atoms with Crippen molar-refractivity contribution in [1.82, 2.24) is 0 Å². The topological polar surface area (TPSA) is 30.8 Å². The van der Waals surface area contributed by atoms with Gasteiger partial charge in [0.05, 0.1) is 7.11 Å². The molecular weight excluding hydrogens is 257 g/mol. The maximum Gasteiger partial charge on any atom is 0.216 e. The highest BCUT2D eigenvalue weighted by molar-refractivity contribution is 5.95. The molecule has 1 aliphatic rings. The average Bonchev–Trinajstić information content (AvgIpc) is 2.98. The molecular formula is C16H14FNO2. The van der Waals surface area contributed by atoms with Crippen LogP contribution in [0.5, 0.6) is 5.75 Å². The molecule has 0 bridgehead atoms. The van der Waals surface area contributed by atoms with Crippen molar-refractivity contribution in [3.8, 4) is 5.75 Å². The van der Waals surface area contributed by atoms with Crippen molar-refractivity contribution in [1.29, 1.82) is 0 Å². The lowest BCUT2D eigenvalue weighted by Crippen LogP contribution is -2.01. The van der Waals surface area contributed by atoms with Gasteiger partial charge in [0.15, 0.2) is 11.6 Å². The first-order valence-corrected chi connectivity index (χ1v) is 6.37. The molecule has 2 aromatic rings. The summed E-state index contributed by atoms with van der Waals surface area (Å²) in [4.78, 5) is 4.51.